The van der Waals surface area contributed by atoms with Crippen LogP contribution in [-0.2, 0) is 6.42 Å². The van der Waals surface area contributed by atoms with Crippen LogP contribution in [0.15, 0.2) is 30.3 Å². The number of phenols is 2. The minimum Gasteiger partial charge on any atom is -0.507 e. The van der Waals surface area contributed by atoms with Crippen molar-refractivity contribution in [1.82, 2.24) is 0 Å². The predicted octanol–water partition coefficient (Wildman–Crippen LogP) is 4.37. The summed E-state index contributed by atoms with van der Waals surface area (Å²) in [5.41, 5.74) is 1.22. The summed E-state index contributed by atoms with van der Waals surface area (Å²) in [5.74, 6) is 0.457. The summed E-state index contributed by atoms with van der Waals surface area (Å²) in [5, 5.41) is 21.0. The molecule has 0 aliphatic heterocycles. The fourth-order valence-corrected chi connectivity index (χ4v) is 2.28. The van der Waals surface area contributed by atoms with Crippen molar-refractivity contribution in [3.8, 4) is 11.5 Å². The molecule has 0 saturated heterocycles. The summed E-state index contributed by atoms with van der Waals surface area (Å²) in [6.45, 7) is 2.21. The Hall–Kier alpha value is -1.70. The Morgan fingerprint density at radius 3 is 2.28 bits per heavy atom. The van der Waals surface area contributed by atoms with Gasteiger partial charge in [-0.1, -0.05) is 38.3 Å². The molecule has 18 heavy (non-hydrogen) atoms. The smallest absolute Gasteiger partial charge is 0.123 e. The Bertz CT molecular complexity index is 532. The van der Waals surface area contributed by atoms with Crippen LogP contribution < -0.4 is 0 Å². The first kappa shape index (κ1) is 12.7. The van der Waals surface area contributed by atoms with E-state index in [1.165, 1.54) is 37.3 Å². The highest BCUT2D eigenvalue weighted by Crippen LogP contribution is 2.32. The fourth-order valence-electron chi connectivity index (χ4n) is 2.28. The zero-order valence-electron chi connectivity index (χ0n) is 10.8. The van der Waals surface area contributed by atoms with Gasteiger partial charge in [-0.05, 0) is 36.6 Å². The molecule has 2 aromatic rings. The van der Waals surface area contributed by atoms with Crippen molar-refractivity contribution < 1.29 is 10.2 Å². The van der Waals surface area contributed by atoms with E-state index in [9.17, 15) is 10.2 Å². The van der Waals surface area contributed by atoms with Crippen LogP contribution in [0.4, 0.5) is 0 Å². The zero-order valence-corrected chi connectivity index (χ0v) is 10.8. The number of aromatic hydroxyl groups is 2. The van der Waals surface area contributed by atoms with E-state index >= 15 is 0 Å². The van der Waals surface area contributed by atoms with Crippen molar-refractivity contribution in [3.05, 3.63) is 35.9 Å². The quantitative estimate of drug-likeness (QED) is 0.605. The van der Waals surface area contributed by atoms with Gasteiger partial charge >= 0.3 is 0 Å². The third-order valence-electron chi connectivity index (χ3n) is 3.35. The molecule has 96 valence electrons. The molecular formula is C16H20O2. The molecule has 0 saturated carbocycles. The van der Waals surface area contributed by atoms with Crippen LogP contribution in [0.3, 0.4) is 0 Å². The third kappa shape index (κ3) is 2.76. The molecule has 2 aromatic carbocycles. The van der Waals surface area contributed by atoms with Gasteiger partial charge in [-0.2, -0.15) is 0 Å². The van der Waals surface area contributed by atoms with Crippen LogP contribution in [-0.4, -0.2) is 10.2 Å². The lowest BCUT2D eigenvalue weighted by Crippen LogP contribution is -1.86. The van der Waals surface area contributed by atoms with Crippen molar-refractivity contribution in [2.45, 2.75) is 39.0 Å². The Morgan fingerprint density at radius 1 is 0.833 bits per heavy atom. The first-order valence-electron chi connectivity index (χ1n) is 6.66. The third-order valence-corrected chi connectivity index (χ3v) is 3.35. The minimum atomic E-state index is 0.223. The van der Waals surface area contributed by atoms with Crippen LogP contribution in [0.1, 0.15) is 38.2 Å². The van der Waals surface area contributed by atoms with E-state index in [-0.39, 0.29) is 11.5 Å². The normalized spacial score (nSPS) is 10.9. The second kappa shape index (κ2) is 5.76. The molecular weight excluding hydrogens is 224 g/mol. The fraction of sp³-hybridized carbons (Fsp3) is 0.375. The molecule has 0 spiro atoms. The number of phenolic OH excluding ortho intramolecular Hbond substituents is 2. The molecule has 0 radical (unpaired) electrons. The van der Waals surface area contributed by atoms with Crippen molar-refractivity contribution in [3.63, 3.8) is 0 Å². The van der Waals surface area contributed by atoms with Crippen molar-refractivity contribution in [1.29, 1.82) is 0 Å². The average molecular weight is 244 g/mol. The number of unbranched alkanes of at least 4 members (excludes halogenated alkanes) is 3. The maximum absolute atomic E-state index is 9.82. The van der Waals surface area contributed by atoms with Crippen LogP contribution in [0, 0.1) is 0 Å². The van der Waals surface area contributed by atoms with Crippen molar-refractivity contribution in [2.75, 3.05) is 0 Å². The molecule has 0 aliphatic rings. The summed E-state index contributed by atoms with van der Waals surface area (Å²) >= 11 is 0. The molecule has 2 nitrogen and oxygen atoms in total. The molecule has 2 N–H and O–H groups in total. The summed E-state index contributed by atoms with van der Waals surface area (Å²) in [6, 6.07) is 8.97. The van der Waals surface area contributed by atoms with E-state index in [0.717, 1.165) is 11.8 Å². The molecule has 0 bridgehead atoms. The lowest BCUT2D eigenvalue weighted by molar-refractivity contribution is 0.469. The van der Waals surface area contributed by atoms with Crippen LogP contribution in [0.2, 0.25) is 0 Å². The second-order valence-corrected chi connectivity index (χ2v) is 4.79. The number of hydrogen-bond acceptors (Lipinski definition) is 2. The van der Waals surface area contributed by atoms with Gasteiger partial charge in [0.25, 0.3) is 0 Å². The van der Waals surface area contributed by atoms with E-state index < -0.39 is 0 Å². The highest BCUT2D eigenvalue weighted by atomic mass is 16.3. The maximum Gasteiger partial charge on any atom is 0.123 e. The van der Waals surface area contributed by atoms with Gasteiger partial charge in [-0.15, -0.1) is 0 Å². The number of rotatable bonds is 5. The number of hydrogen-bond donors (Lipinski definition) is 2. The molecule has 0 aromatic heterocycles. The van der Waals surface area contributed by atoms with E-state index in [0.29, 0.717) is 5.39 Å². The van der Waals surface area contributed by atoms with E-state index in [1.807, 2.05) is 18.2 Å². The first-order valence-corrected chi connectivity index (χ1v) is 6.66. The minimum absolute atomic E-state index is 0.223. The van der Waals surface area contributed by atoms with Crippen molar-refractivity contribution >= 4 is 10.8 Å². The lowest BCUT2D eigenvalue weighted by Gasteiger charge is -2.07. The van der Waals surface area contributed by atoms with Gasteiger partial charge in [0.1, 0.15) is 11.5 Å². The van der Waals surface area contributed by atoms with E-state index in [2.05, 4.69) is 6.92 Å². The monoisotopic (exact) mass is 244 g/mol. The van der Waals surface area contributed by atoms with Gasteiger partial charge in [-0.25, -0.2) is 0 Å². The van der Waals surface area contributed by atoms with Crippen LogP contribution >= 0.6 is 0 Å². The highest BCUT2D eigenvalue weighted by molar-refractivity contribution is 5.93. The average Bonchev–Trinajstić information content (AvgIpc) is 2.39. The number of benzene rings is 2. The number of aryl methyl sites for hydroxylation is 1. The summed E-state index contributed by atoms with van der Waals surface area (Å²) < 4.78 is 0. The number of fused-ring (bicyclic) bond motifs is 1. The predicted molar refractivity (Wildman–Crippen MR) is 75.1 cm³/mol. The Labute approximate surface area is 108 Å². The zero-order chi connectivity index (χ0) is 13.0. The van der Waals surface area contributed by atoms with Gasteiger partial charge in [-0.3, -0.25) is 0 Å². The summed E-state index contributed by atoms with van der Waals surface area (Å²) in [6.07, 6.45) is 5.98. The van der Waals surface area contributed by atoms with Gasteiger partial charge in [0, 0.05) is 10.8 Å². The maximum atomic E-state index is 9.82. The molecule has 0 heterocycles. The molecule has 0 fully saturated rings. The van der Waals surface area contributed by atoms with Crippen LogP contribution in [0.25, 0.3) is 10.8 Å². The van der Waals surface area contributed by atoms with E-state index in [4.69, 9.17) is 0 Å². The molecule has 0 atom stereocenters. The largest absolute Gasteiger partial charge is 0.507 e. The summed E-state index contributed by atoms with van der Waals surface area (Å²) in [7, 11) is 0. The molecule has 0 unspecified atom stereocenters. The van der Waals surface area contributed by atoms with Crippen LogP contribution in [0.5, 0.6) is 11.5 Å². The second-order valence-electron chi connectivity index (χ2n) is 4.79. The standard InChI is InChI=1S/C16H20O2/c1-2-3-4-5-6-12-7-8-13-14(11-12)16(18)10-9-15(13)17/h7-11,17-18H,2-6H2,1H3. The Balaban J connectivity index is 2.19. The van der Waals surface area contributed by atoms with Gasteiger partial charge in [0.2, 0.25) is 0 Å². The van der Waals surface area contributed by atoms with Gasteiger partial charge in [0.05, 0.1) is 0 Å². The molecule has 0 aliphatic carbocycles. The molecule has 2 heteroatoms. The van der Waals surface area contributed by atoms with Gasteiger partial charge in [0.15, 0.2) is 0 Å². The first-order chi connectivity index (χ1) is 8.72. The Kier molecular flexibility index (Phi) is 4.08. The van der Waals surface area contributed by atoms with E-state index in [1.54, 1.807) is 6.07 Å². The van der Waals surface area contributed by atoms with Crippen molar-refractivity contribution in [2.24, 2.45) is 0 Å². The lowest BCUT2D eigenvalue weighted by atomic mass is 10.0. The molecule has 2 rings (SSSR count). The highest BCUT2D eigenvalue weighted by Gasteiger charge is 2.05. The van der Waals surface area contributed by atoms with Gasteiger partial charge < -0.3 is 10.2 Å². The SMILES string of the molecule is CCCCCCc1ccc2c(O)ccc(O)c2c1. The Morgan fingerprint density at radius 2 is 1.56 bits per heavy atom. The topological polar surface area (TPSA) is 40.5 Å². The summed E-state index contributed by atoms with van der Waals surface area (Å²) in [4.78, 5) is 0. The molecule has 0 amide bonds.